The maximum absolute atomic E-state index is 15.1. The Hall–Kier alpha value is -4.70. The van der Waals surface area contributed by atoms with Gasteiger partial charge in [-0.1, -0.05) is 54.6 Å². The molecule has 0 bridgehead atoms. The van der Waals surface area contributed by atoms with Crippen LogP contribution in [0.4, 0.5) is 0 Å². The van der Waals surface area contributed by atoms with Crippen molar-refractivity contribution in [2.24, 2.45) is 17.4 Å². The maximum Gasteiger partial charge on any atom is 0.287 e. The van der Waals surface area contributed by atoms with Gasteiger partial charge in [-0.2, -0.15) is 0 Å². The number of nitrogens with two attached hydrogens (primary N) is 2. The predicted octanol–water partition coefficient (Wildman–Crippen LogP) is 1.36. The van der Waals surface area contributed by atoms with Gasteiger partial charge in [-0.05, 0) is 37.8 Å². The lowest BCUT2D eigenvalue weighted by Crippen LogP contribution is -2.63. The van der Waals surface area contributed by atoms with Gasteiger partial charge in [-0.25, -0.2) is 4.68 Å². The highest BCUT2D eigenvalue weighted by molar-refractivity contribution is 6.39. The normalized spacial score (nSPS) is 21.9. The number of Topliss-reactive ketones (excluding diaryl/α,β-unsaturated/α-hetero) is 1. The van der Waals surface area contributed by atoms with E-state index in [0.29, 0.717) is 28.6 Å². The molecule has 16 nitrogen and oxygen atoms in total. The number of fused-ring (bicyclic) bond motifs is 1. The molecular weight excluding hydrogens is 648 g/mol. The minimum atomic E-state index is -1.59. The van der Waals surface area contributed by atoms with Crippen LogP contribution in [0.5, 0.6) is 0 Å². The largest absolute Gasteiger partial charge is 0.384 e. The van der Waals surface area contributed by atoms with Crippen LogP contribution in [0, 0.1) is 5.92 Å². The van der Waals surface area contributed by atoms with Gasteiger partial charge < -0.3 is 36.1 Å². The van der Waals surface area contributed by atoms with Gasteiger partial charge in [0.25, 0.3) is 11.8 Å². The second kappa shape index (κ2) is 13.9. The Bertz CT molecular complexity index is 1780. The second-order valence-electron chi connectivity index (χ2n) is 14.3. The number of hydrogen-bond acceptors (Lipinski definition) is 11. The quantitative estimate of drug-likeness (QED) is 0.209. The Morgan fingerprint density at radius 3 is 2.48 bits per heavy atom. The van der Waals surface area contributed by atoms with E-state index in [1.165, 1.54) is 15.8 Å². The Morgan fingerprint density at radius 1 is 1.10 bits per heavy atom. The summed E-state index contributed by atoms with van der Waals surface area (Å²) in [5, 5.41) is 26.2. The van der Waals surface area contributed by atoms with Crippen molar-refractivity contribution < 1.29 is 38.3 Å². The molecule has 268 valence electrons. The molecule has 50 heavy (non-hydrogen) atoms. The fraction of sp³-hybridized carbons (Fsp3) is 0.588. The number of primary amides is 2. The van der Waals surface area contributed by atoms with E-state index >= 15 is 4.79 Å². The molecular formula is C34H44N8O8. The van der Waals surface area contributed by atoms with Crippen molar-refractivity contribution in [3.05, 3.63) is 41.3 Å². The van der Waals surface area contributed by atoms with Crippen LogP contribution < -0.4 is 16.8 Å². The first-order chi connectivity index (χ1) is 23.8. The first kappa shape index (κ1) is 35.1. The molecule has 6 N–H and O–H groups in total. The van der Waals surface area contributed by atoms with Crippen LogP contribution in [0.15, 0.2) is 28.9 Å². The number of amides is 4. The number of aliphatic hydroxyl groups is 1. The molecule has 4 heterocycles. The predicted molar refractivity (Wildman–Crippen MR) is 176 cm³/mol. The third-order valence-corrected chi connectivity index (χ3v) is 10.5. The molecule has 2 aliphatic heterocycles. The van der Waals surface area contributed by atoms with E-state index in [1.54, 1.807) is 32.0 Å². The van der Waals surface area contributed by atoms with Gasteiger partial charge in [0.15, 0.2) is 11.3 Å². The fourth-order valence-electron chi connectivity index (χ4n) is 7.91. The average Bonchev–Trinajstić information content (AvgIpc) is 3.86. The molecule has 2 saturated heterocycles. The molecule has 0 unspecified atom stereocenters. The summed E-state index contributed by atoms with van der Waals surface area (Å²) in [5.41, 5.74) is 9.31. The topological polar surface area (TPSA) is 239 Å². The van der Waals surface area contributed by atoms with Crippen molar-refractivity contribution in [2.75, 3.05) is 19.8 Å². The second-order valence-corrected chi connectivity index (χ2v) is 14.3. The summed E-state index contributed by atoms with van der Waals surface area (Å²) in [5.74, 6) is -4.55. The van der Waals surface area contributed by atoms with E-state index in [-0.39, 0.29) is 56.5 Å². The van der Waals surface area contributed by atoms with Gasteiger partial charge in [-0.15, -0.1) is 5.10 Å². The zero-order valence-corrected chi connectivity index (χ0v) is 28.3. The molecule has 1 aromatic carbocycles. The van der Waals surface area contributed by atoms with Crippen molar-refractivity contribution in [1.29, 1.82) is 0 Å². The number of carbonyl (C=O) groups is 5. The number of nitrogens with one attached hydrogen (secondary N) is 1. The van der Waals surface area contributed by atoms with Crippen molar-refractivity contribution in [3.63, 3.8) is 0 Å². The minimum absolute atomic E-state index is 0.0205. The van der Waals surface area contributed by atoms with Gasteiger partial charge in [0.2, 0.25) is 17.6 Å². The standard InChI is InChI=1S/C34H44N8O8/c1-33(2,48)25-17-37-40-42(25)20-16-23(31(46)38-34(28(43)30(36)45)11-13-49-14-12-34)41(18-20)32(47)22(15-19-7-4-3-5-8-19)21-9-6-10-24-26(21)27(29(35)44)39-50-24/h6,9-10,17,19-20,22-23,48H,3-5,7-8,11-16,18H2,1-2H3,(H2,35,44)(H2,36,45)(H,38,46)/t20-,22+,23-/m0/s1. The van der Waals surface area contributed by atoms with E-state index < -0.39 is 52.6 Å². The van der Waals surface area contributed by atoms with Gasteiger partial charge in [-0.3, -0.25) is 24.0 Å². The van der Waals surface area contributed by atoms with Crippen LogP contribution in [-0.2, 0) is 29.5 Å². The lowest BCUT2D eigenvalue weighted by Gasteiger charge is -2.37. The van der Waals surface area contributed by atoms with Crippen molar-refractivity contribution in [2.45, 2.75) is 101 Å². The van der Waals surface area contributed by atoms with E-state index in [0.717, 1.165) is 32.1 Å². The Kier molecular flexibility index (Phi) is 9.77. The van der Waals surface area contributed by atoms with Crippen LogP contribution in [0.1, 0.15) is 105 Å². The van der Waals surface area contributed by atoms with Gasteiger partial charge in [0.05, 0.1) is 29.2 Å². The summed E-state index contributed by atoms with van der Waals surface area (Å²) < 4.78 is 12.4. The van der Waals surface area contributed by atoms with Crippen molar-refractivity contribution in [3.8, 4) is 0 Å². The number of aromatic nitrogens is 4. The Labute approximate surface area is 288 Å². The highest BCUT2D eigenvalue weighted by Gasteiger charge is 2.49. The third kappa shape index (κ3) is 6.73. The third-order valence-electron chi connectivity index (χ3n) is 10.5. The number of hydrogen-bond donors (Lipinski definition) is 4. The number of rotatable bonds is 11. The van der Waals surface area contributed by atoms with Crippen LogP contribution >= 0.6 is 0 Å². The van der Waals surface area contributed by atoms with Crippen LogP contribution in [0.25, 0.3) is 11.0 Å². The number of likely N-dealkylation sites (tertiary alicyclic amines) is 1. The molecule has 1 saturated carbocycles. The van der Waals surface area contributed by atoms with E-state index in [1.807, 2.05) is 0 Å². The summed E-state index contributed by atoms with van der Waals surface area (Å²) in [6.07, 6.45) is 7.02. The summed E-state index contributed by atoms with van der Waals surface area (Å²) in [6, 6.07) is 3.43. The van der Waals surface area contributed by atoms with Gasteiger partial charge in [0, 0.05) is 39.0 Å². The molecule has 0 spiro atoms. The van der Waals surface area contributed by atoms with Gasteiger partial charge >= 0.3 is 0 Å². The zero-order valence-electron chi connectivity index (χ0n) is 28.3. The van der Waals surface area contributed by atoms with E-state index in [9.17, 15) is 24.3 Å². The molecule has 3 aliphatic rings. The average molecular weight is 693 g/mol. The smallest absolute Gasteiger partial charge is 0.287 e. The molecule has 0 radical (unpaired) electrons. The molecule has 3 fully saturated rings. The van der Waals surface area contributed by atoms with Crippen molar-refractivity contribution >= 4 is 40.4 Å². The number of benzene rings is 1. The molecule has 3 atom stereocenters. The lowest BCUT2D eigenvalue weighted by molar-refractivity contribution is -0.147. The molecule has 3 aromatic rings. The Morgan fingerprint density at radius 2 is 1.82 bits per heavy atom. The molecule has 4 amide bonds. The fourth-order valence-corrected chi connectivity index (χ4v) is 7.91. The number of carbonyl (C=O) groups excluding carboxylic acids is 5. The van der Waals surface area contributed by atoms with Gasteiger partial charge in [0.1, 0.15) is 17.2 Å². The van der Waals surface area contributed by atoms with Crippen LogP contribution in [-0.4, -0.2) is 90.9 Å². The summed E-state index contributed by atoms with van der Waals surface area (Å²) in [6.45, 7) is 3.44. The Balaban J connectivity index is 1.42. The minimum Gasteiger partial charge on any atom is -0.384 e. The summed E-state index contributed by atoms with van der Waals surface area (Å²) in [4.78, 5) is 68.7. The maximum atomic E-state index is 15.1. The highest BCUT2D eigenvalue weighted by atomic mass is 16.5. The summed E-state index contributed by atoms with van der Waals surface area (Å²) in [7, 11) is 0. The lowest BCUT2D eigenvalue weighted by atomic mass is 9.79. The molecule has 2 aromatic heterocycles. The number of nitrogens with zero attached hydrogens (tertiary/aromatic N) is 5. The first-order valence-electron chi connectivity index (χ1n) is 17.2. The van der Waals surface area contributed by atoms with Crippen LogP contribution in [0.2, 0.25) is 0 Å². The number of ketones is 1. The SMILES string of the molecule is CC(C)(O)c1cnnn1[C@H]1C[C@@H](C(=O)NC2(C(=O)C(N)=O)CCOCC2)N(C(=O)[C@H](CC2CCCCC2)c2cccc3onc(C(N)=O)c23)C1. The first-order valence-corrected chi connectivity index (χ1v) is 17.2. The van der Waals surface area contributed by atoms with E-state index in [4.69, 9.17) is 20.7 Å². The molecule has 1 aliphatic carbocycles. The van der Waals surface area contributed by atoms with Crippen molar-refractivity contribution in [1.82, 2.24) is 30.4 Å². The summed E-state index contributed by atoms with van der Waals surface area (Å²) >= 11 is 0. The highest BCUT2D eigenvalue weighted by Crippen LogP contribution is 2.41. The molecule has 6 rings (SSSR count). The monoisotopic (exact) mass is 692 g/mol. The van der Waals surface area contributed by atoms with Crippen LogP contribution in [0.3, 0.4) is 0 Å². The molecule has 16 heteroatoms. The number of ether oxygens (including phenoxy) is 1. The van der Waals surface area contributed by atoms with E-state index in [2.05, 4.69) is 20.8 Å². The zero-order chi connectivity index (χ0) is 35.8.